The number of nitrogens with zero attached hydrogens (tertiary/aromatic N) is 3. The number of carbonyl (C=O) groups is 2. The Kier molecular flexibility index (Phi) is 5.34. The fraction of sp³-hybridized carbons (Fsp3) is 0.238. The Bertz CT molecular complexity index is 1150. The lowest BCUT2D eigenvalue weighted by atomic mass is 10.1. The number of piperazine rings is 1. The first-order valence-corrected chi connectivity index (χ1v) is 9.60. The molecule has 154 valence electrons. The zero-order valence-electron chi connectivity index (χ0n) is 16.2. The number of carbonyl (C=O) groups excluding carboxylic acids is 1. The Hall–Kier alpha value is -3.88. The molecular weight excluding hydrogens is 386 g/mol. The number of hydrogen-bond acceptors (Lipinski definition) is 5. The van der Waals surface area contributed by atoms with Crippen molar-refractivity contribution < 1.29 is 14.7 Å². The highest BCUT2D eigenvalue weighted by Gasteiger charge is 2.20. The minimum absolute atomic E-state index is 0.0281. The summed E-state index contributed by atoms with van der Waals surface area (Å²) < 4.78 is 0. The van der Waals surface area contributed by atoms with Gasteiger partial charge in [-0.15, -0.1) is 0 Å². The van der Waals surface area contributed by atoms with E-state index >= 15 is 0 Å². The van der Waals surface area contributed by atoms with Crippen LogP contribution >= 0.6 is 0 Å². The van der Waals surface area contributed by atoms with E-state index in [0.29, 0.717) is 37.1 Å². The second-order valence-corrected chi connectivity index (χ2v) is 7.04. The van der Waals surface area contributed by atoms with E-state index in [0.717, 1.165) is 11.3 Å². The van der Waals surface area contributed by atoms with Gasteiger partial charge in [-0.1, -0.05) is 24.3 Å². The number of amides is 2. The topological polar surface area (TPSA) is 119 Å². The fourth-order valence-corrected chi connectivity index (χ4v) is 3.48. The highest BCUT2D eigenvalue weighted by molar-refractivity contribution is 5.92. The third-order valence-corrected chi connectivity index (χ3v) is 5.11. The lowest BCUT2D eigenvalue weighted by Crippen LogP contribution is -2.48. The van der Waals surface area contributed by atoms with E-state index in [1.807, 2.05) is 24.3 Å². The molecule has 2 heterocycles. The molecule has 1 aliphatic rings. The van der Waals surface area contributed by atoms with Crippen molar-refractivity contribution in [1.82, 2.24) is 20.2 Å². The smallest absolute Gasteiger partial charge is 0.407 e. The van der Waals surface area contributed by atoms with E-state index < -0.39 is 12.0 Å². The van der Waals surface area contributed by atoms with Crippen LogP contribution in [0.4, 0.5) is 10.5 Å². The van der Waals surface area contributed by atoms with Crippen LogP contribution < -0.4 is 15.8 Å². The Balaban J connectivity index is 1.42. The predicted molar refractivity (Wildman–Crippen MR) is 112 cm³/mol. The zero-order valence-corrected chi connectivity index (χ0v) is 16.2. The highest BCUT2D eigenvalue weighted by Crippen LogP contribution is 2.18. The molecule has 2 aromatic carbocycles. The summed E-state index contributed by atoms with van der Waals surface area (Å²) in [6.07, 6.45) is -0.897. The van der Waals surface area contributed by atoms with Crippen molar-refractivity contribution in [3.63, 3.8) is 0 Å². The number of para-hydroxylation sites is 1. The number of aromatic amines is 1. The standard InChI is InChI=1S/C21H21N5O4/c27-19-16-6-1-2-7-17(16)23-18(24-19)20(28)22-13-14-4-3-5-15(12-14)25-8-10-26(11-9-25)21(29)30/h1-7,12H,8-11,13H2,(H,22,28)(H,29,30)(H,23,24,27). The minimum Gasteiger partial charge on any atom is -0.465 e. The molecule has 30 heavy (non-hydrogen) atoms. The Labute approximate surface area is 172 Å². The van der Waals surface area contributed by atoms with Gasteiger partial charge < -0.3 is 25.2 Å². The molecule has 3 aromatic rings. The van der Waals surface area contributed by atoms with Gasteiger partial charge in [0.05, 0.1) is 10.9 Å². The summed E-state index contributed by atoms with van der Waals surface area (Å²) in [6, 6.07) is 14.6. The monoisotopic (exact) mass is 407 g/mol. The largest absolute Gasteiger partial charge is 0.465 e. The Morgan fingerprint density at radius 2 is 1.83 bits per heavy atom. The highest BCUT2D eigenvalue weighted by atomic mass is 16.4. The van der Waals surface area contributed by atoms with E-state index in [4.69, 9.17) is 5.11 Å². The number of hydrogen-bond donors (Lipinski definition) is 3. The van der Waals surface area contributed by atoms with Gasteiger partial charge in [0.1, 0.15) is 0 Å². The molecule has 0 unspecified atom stereocenters. The average molecular weight is 407 g/mol. The third kappa shape index (κ3) is 4.09. The van der Waals surface area contributed by atoms with Crippen LogP contribution in [0.3, 0.4) is 0 Å². The van der Waals surface area contributed by atoms with E-state index in [2.05, 4.69) is 20.2 Å². The zero-order chi connectivity index (χ0) is 21.1. The first-order valence-electron chi connectivity index (χ1n) is 9.60. The summed E-state index contributed by atoms with van der Waals surface area (Å²) >= 11 is 0. The van der Waals surface area contributed by atoms with Crippen LogP contribution in [0, 0.1) is 0 Å². The lowest BCUT2D eigenvalue weighted by molar-refractivity contribution is 0.0940. The molecule has 0 aliphatic carbocycles. The summed E-state index contributed by atoms with van der Waals surface area (Å²) in [6.45, 7) is 2.42. The Morgan fingerprint density at radius 1 is 1.07 bits per heavy atom. The number of carboxylic acid groups (broad SMARTS) is 1. The molecule has 0 spiro atoms. The van der Waals surface area contributed by atoms with Crippen molar-refractivity contribution >= 4 is 28.6 Å². The van der Waals surface area contributed by atoms with Crippen molar-refractivity contribution in [1.29, 1.82) is 0 Å². The predicted octanol–water partition coefficient (Wildman–Crippen LogP) is 1.65. The summed E-state index contributed by atoms with van der Waals surface area (Å²) in [4.78, 5) is 46.0. The number of rotatable bonds is 4. The molecule has 0 saturated carbocycles. The van der Waals surface area contributed by atoms with Crippen LogP contribution in [-0.4, -0.2) is 58.2 Å². The van der Waals surface area contributed by atoms with Crippen LogP contribution in [0.2, 0.25) is 0 Å². The van der Waals surface area contributed by atoms with Gasteiger partial charge >= 0.3 is 6.09 Å². The van der Waals surface area contributed by atoms with Crippen molar-refractivity contribution in [2.45, 2.75) is 6.54 Å². The van der Waals surface area contributed by atoms with Crippen molar-refractivity contribution in [3.05, 3.63) is 70.3 Å². The van der Waals surface area contributed by atoms with Gasteiger partial charge in [0.25, 0.3) is 11.5 Å². The van der Waals surface area contributed by atoms with Gasteiger partial charge in [-0.05, 0) is 29.8 Å². The molecule has 0 atom stereocenters. The number of H-pyrrole nitrogens is 1. The second-order valence-electron chi connectivity index (χ2n) is 7.04. The minimum atomic E-state index is -0.897. The van der Waals surface area contributed by atoms with Gasteiger partial charge in [0.2, 0.25) is 0 Å². The molecule has 9 heteroatoms. The molecule has 4 rings (SSSR count). The summed E-state index contributed by atoms with van der Waals surface area (Å²) in [5.74, 6) is -0.488. The van der Waals surface area contributed by atoms with Gasteiger partial charge in [-0.3, -0.25) is 9.59 Å². The van der Waals surface area contributed by atoms with Crippen molar-refractivity contribution in [2.75, 3.05) is 31.1 Å². The van der Waals surface area contributed by atoms with Gasteiger partial charge in [0.15, 0.2) is 5.82 Å². The van der Waals surface area contributed by atoms with Gasteiger partial charge in [-0.25, -0.2) is 9.78 Å². The fourth-order valence-electron chi connectivity index (χ4n) is 3.48. The van der Waals surface area contributed by atoms with Crippen LogP contribution in [0.15, 0.2) is 53.3 Å². The van der Waals surface area contributed by atoms with Crippen LogP contribution in [0.5, 0.6) is 0 Å². The van der Waals surface area contributed by atoms with E-state index in [1.54, 1.807) is 24.3 Å². The van der Waals surface area contributed by atoms with Crippen LogP contribution in [-0.2, 0) is 6.54 Å². The molecule has 3 N–H and O–H groups in total. The molecule has 1 fully saturated rings. The number of fused-ring (bicyclic) bond motifs is 1. The SMILES string of the molecule is O=C(NCc1cccc(N2CCN(C(=O)O)CC2)c1)c1nc2ccccc2c(=O)[nH]1. The molecule has 1 saturated heterocycles. The molecule has 0 radical (unpaired) electrons. The molecular formula is C21H21N5O4. The maximum absolute atomic E-state index is 12.5. The van der Waals surface area contributed by atoms with Gasteiger partial charge in [0, 0.05) is 38.4 Å². The molecule has 0 bridgehead atoms. The summed E-state index contributed by atoms with van der Waals surface area (Å²) in [5.41, 5.74) is 1.98. The normalized spacial score (nSPS) is 14.0. The summed E-state index contributed by atoms with van der Waals surface area (Å²) in [5, 5.41) is 12.3. The van der Waals surface area contributed by atoms with Crippen molar-refractivity contribution in [3.8, 4) is 0 Å². The van der Waals surface area contributed by atoms with Crippen molar-refractivity contribution in [2.24, 2.45) is 0 Å². The third-order valence-electron chi connectivity index (χ3n) is 5.11. The van der Waals surface area contributed by atoms with E-state index in [1.165, 1.54) is 4.90 Å². The van der Waals surface area contributed by atoms with Crippen LogP contribution in [0.25, 0.3) is 10.9 Å². The first kappa shape index (κ1) is 19.4. The van der Waals surface area contributed by atoms with E-state index in [9.17, 15) is 14.4 Å². The second kappa shape index (κ2) is 8.24. The molecule has 9 nitrogen and oxygen atoms in total. The maximum atomic E-state index is 12.5. The molecule has 2 amide bonds. The molecule has 1 aliphatic heterocycles. The van der Waals surface area contributed by atoms with E-state index in [-0.39, 0.29) is 17.9 Å². The first-order chi connectivity index (χ1) is 14.5. The van der Waals surface area contributed by atoms with Crippen LogP contribution in [0.1, 0.15) is 16.2 Å². The Morgan fingerprint density at radius 3 is 2.60 bits per heavy atom. The summed E-state index contributed by atoms with van der Waals surface area (Å²) in [7, 11) is 0. The lowest BCUT2D eigenvalue weighted by Gasteiger charge is -2.34. The maximum Gasteiger partial charge on any atom is 0.407 e. The number of aromatic nitrogens is 2. The average Bonchev–Trinajstić information content (AvgIpc) is 2.77. The number of benzene rings is 2. The quantitative estimate of drug-likeness (QED) is 0.605. The number of anilines is 1. The molecule has 1 aromatic heterocycles. The van der Waals surface area contributed by atoms with Gasteiger partial charge in [-0.2, -0.15) is 0 Å². The number of nitrogens with one attached hydrogen (secondary N) is 2.